The van der Waals surface area contributed by atoms with Gasteiger partial charge in [0, 0.05) is 54.5 Å². The van der Waals surface area contributed by atoms with Gasteiger partial charge in [-0.05, 0) is 48.7 Å². The van der Waals surface area contributed by atoms with E-state index in [2.05, 4.69) is 4.98 Å². The molecule has 9 heteroatoms. The van der Waals surface area contributed by atoms with Crippen LogP contribution in [0.15, 0.2) is 36.5 Å². The fraction of sp³-hybridized carbons (Fsp3) is 0.381. The van der Waals surface area contributed by atoms with E-state index in [1.54, 1.807) is 6.20 Å². The Bertz CT molecular complexity index is 1060. The quantitative estimate of drug-likeness (QED) is 0.408. The zero-order valence-electron chi connectivity index (χ0n) is 16.1. The third kappa shape index (κ3) is 3.90. The Kier molecular flexibility index (Phi) is 5.04. The van der Waals surface area contributed by atoms with Gasteiger partial charge < -0.3 is 4.57 Å². The second-order valence-corrected chi connectivity index (χ2v) is 7.50. The number of nitrogens with zero attached hydrogens (tertiary/aromatic N) is 3. The summed E-state index contributed by atoms with van der Waals surface area (Å²) in [4.78, 5) is 4.59. The number of benzene rings is 1. The van der Waals surface area contributed by atoms with E-state index >= 15 is 0 Å². The minimum Gasteiger partial charge on any atom is -0.344 e. The van der Waals surface area contributed by atoms with Crippen LogP contribution < -0.4 is 0 Å². The average Bonchev–Trinajstić information content (AvgIpc) is 2.99. The molecule has 0 saturated carbocycles. The lowest BCUT2D eigenvalue weighted by atomic mass is 10.0. The topological polar surface area (TPSA) is 21.1 Å². The van der Waals surface area contributed by atoms with E-state index in [0.29, 0.717) is 34.6 Å². The lowest BCUT2D eigenvalue weighted by Crippen LogP contribution is -2.41. The van der Waals surface area contributed by atoms with Crippen LogP contribution in [-0.4, -0.2) is 27.3 Å². The molecule has 0 spiro atoms. The minimum atomic E-state index is -4.56. The lowest BCUT2D eigenvalue weighted by molar-refractivity contribution is -0.250. The zero-order chi connectivity index (χ0) is 21.7. The number of rotatable bonds is 3. The average molecular weight is 427 g/mol. The van der Waals surface area contributed by atoms with E-state index in [1.165, 1.54) is 6.07 Å². The SMILES string of the molecule is Cc1ccc(CCn2c3c(c4cc(C(F)(F)F)ccc42)CN(C(F)(F)F)CC3)cn1. The maximum Gasteiger partial charge on any atom is 0.460 e. The van der Waals surface area contributed by atoms with E-state index in [9.17, 15) is 26.3 Å². The van der Waals surface area contributed by atoms with Crippen molar-refractivity contribution in [1.29, 1.82) is 0 Å². The molecule has 0 amide bonds. The Morgan fingerprint density at radius 1 is 1.03 bits per heavy atom. The lowest BCUT2D eigenvalue weighted by Gasteiger charge is -2.29. The molecule has 2 aromatic heterocycles. The van der Waals surface area contributed by atoms with Crippen molar-refractivity contribution in [3.05, 3.63) is 64.6 Å². The highest BCUT2D eigenvalue weighted by molar-refractivity contribution is 5.86. The molecule has 0 bridgehead atoms. The van der Waals surface area contributed by atoms with Crippen LogP contribution >= 0.6 is 0 Å². The fourth-order valence-electron chi connectivity index (χ4n) is 3.99. The zero-order valence-corrected chi connectivity index (χ0v) is 16.1. The van der Waals surface area contributed by atoms with Crippen molar-refractivity contribution in [2.45, 2.75) is 45.3 Å². The molecule has 0 aliphatic carbocycles. The first-order valence-corrected chi connectivity index (χ1v) is 9.48. The van der Waals surface area contributed by atoms with Gasteiger partial charge in [-0.3, -0.25) is 4.98 Å². The van der Waals surface area contributed by atoms with Crippen molar-refractivity contribution in [3.8, 4) is 0 Å². The molecule has 30 heavy (non-hydrogen) atoms. The maximum atomic E-state index is 13.2. The Morgan fingerprint density at radius 2 is 1.80 bits per heavy atom. The van der Waals surface area contributed by atoms with Crippen molar-refractivity contribution < 1.29 is 26.3 Å². The molecule has 3 nitrogen and oxygen atoms in total. The molecule has 3 aromatic rings. The molecule has 0 unspecified atom stereocenters. The first kappa shape index (κ1) is 20.7. The highest BCUT2D eigenvalue weighted by Crippen LogP contribution is 2.38. The summed E-state index contributed by atoms with van der Waals surface area (Å²) < 4.78 is 81.2. The van der Waals surface area contributed by atoms with Gasteiger partial charge >= 0.3 is 12.5 Å². The van der Waals surface area contributed by atoms with E-state index in [-0.39, 0.29) is 18.4 Å². The molecular formula is C21H19F6N3. The first-order chi connectivity index (χ1) is 14.0. The van der Waals surface area contributed by atoms with Crippen molar-refractivity contribution in [3.63, 3.8) is 0 Å². The summed E-state index contributed by atoms with van der Waals surface area (Å²) >= 11 is 0. The summed E-state index contributed by atoms with van der Waals surface area (Å²) in [5.41, 5.74) is 2.48. The third-order valence-corrected chi connectivity index (χ3v) is 5.54. The molecule has 0 saturated heterocycles. The van der Waals surface area contributed by atoms with E-state index in [1.807, 2.05) is 23.6 Å². The van der Waals surface area contributed by atoms with Gasteiger partial charge in [-0.15, -0.1) is 0 Å². The van der Waals surface area contributed by atoms with Crippen LogP contribution in [-0.2, 0) is 32.1 Å². The molecule has 3 heterocycles. The minimum absolute atomic E-state index is 0.122. The summed E-state index contributed by atoms with van der Waals surface area (Å²) in [7, 11) is 0. The highest BCUT2D eigenvalue weighted by Gasteiger charge is 2.40. The summed E-state index contributed by atoms with van der Waals surface area (Å²) in [6.45, 7) is 1.65. The van der Waals surface area contributed by atoms with Crippen LogP contribution in [0.5, 0.6) is 0 Å². The van der Waals surface area contributed by atoms with Gasteiger partial charge in [0.25, 0.3) is 0 Å². The van der Waals surface area contributed by atoms with Gasteiger partial charge in [0.05, 0.1) is 5.56 Å². The monoisotopic (exact) mass is 427 g/mol. The summed E-state index contributed by atoms with van der Waals surface area (Å²) in [6.07, 6.45) is -6.65. The molecule has 160 valence electrons. The van der Waals surface area contributed by atoms with Crippen LogP contribution in [0.1, 0.15) is 28.1 Å². The number of fused-ring (bicyclic) bond motifs is 3. The molecule has 0 fully saturated rings. The van der Waals surface area contributed by atoms with Gasteiger partial charge in [0.1, 0.15) is 0 Å². The normalized spacial score (nSPS) is 15.6. The van der Waals surface area contributed by atoms with E-state index in [4.69, 9.17) is 0 Å². The number of aryl methyl sites for hydroxylation is 3. The fourth-order valence-corrected chi connectivity index (χ4v) is 3.99. The number of aromatic nitrogens is 2. The first-order valence-electron chi connectivity index (χ1n) is 9.48. The smallest absolute Gasteiger partial charge is 0.344 e. The Balaban J connectivity index is 1.77. The summed E-state index contributed by atoms with van der Waals surface area (Å²) in [6, 6.07) is 7.11. The Labute approximate surface area is 168 Å². The molecule has 1 aliphatic rings. The van der Waals surface area contributed by atoms with Crippen molar-refractivity contribution in [1.82, 2.24) is 14.5 Å². The van der Waals surface area contributed by atoms with Crippen molar-refractivity contribution >= 4 is 10.9 Å². The van der Waals surface area contributed by atoms with E-state index in [0.717, 1.165) is 23.4 Å². The van der Waals surface area contributed by atoms with E-state index < -0.39 is 24.6 Å². The third-order valence-electron chi connectivity index (χ3n) is 5.54. The Hall–Kier alpha value is -2.55. The van der Waals surface area contributed by atoms with Gasteiger partial charge in [-0.25, -0.2) is 4.90 Å². The highest BCUT2D eigenvalue weighted by atomic mass is 19.4. The maximum absolute atomic E-state index is 13.2. The number of hydrogen-bond donors (Lipinski definition) is 0. The van der Waals surface area contributed by atoms with Gasteiger partial charge in [-0.1, -0.05) is 6.07 Å². The number of halogens is 6. The largest absolute Gasteiger partial charge is 0.460 e. The predicted octanol–water partition coefficient (Wildman–Crippen LogP) is 5.48. The second kappa shape index (κ2) is 7.30. The summed E-state index contributed by atoms with van der Waals surface area (Å²) in [5.74, 6) is 0. The van der Waals surface area contributed by atoms with Crippen LogP contribution in [0.2, 0.25) is 0 Å². The molecule has 1 aromatic carbocycles. The molecule has 0 N–H and O–H groups in total. The molecule has 1 aliphatic heterocycles. The van der Waals surface area contributed by atoms with Crippen LogP contribution in [0.25, 0.3) is 10.9 Å². The van der Waals surface area contributed by atoms with Crippen LogP contribution in [0.3, 0.4) is 0 Å². The van der Waals surface area contributed by atoms with Gasteiger partial charge in [0.15, 0.2) is 0 Å². The van der Waals surface area contributed by atoms with Gasteiger partial charge in [0.2, 0.25) is 0 Å². The number of hydrogen-bond acceptors (Lipinski definition) is 2. The second-order valence-electron chi connectivity index (χ2n) is 7.50. The predicted molar refractivity (Wildman–Crippen MR) is 99.8 cm³/mol. The van der Waals surface area contributed by atoms with Crippen molar-refractivity contribution in [2.24, 2.45) is 0 Å². The van der Waals surface area contributed by atoms with Crippen LogP contribution in [0.4, 0.5) is 26.3 Å². The molecule has 0 atom stereocenters. The van der Waals surface area contributed by atoms with Crippen molar-refractivity contribution in [2.75, 3.05) is 6.54 Å². The number of alkyl halides is 6. The Morgan fingerprint density at radius 3 is 2.43 bits per heavy atom. The van der Waals surface area contributed by atoms with Crippen LogP contribution in [0, 0.1) is 6.92 Å². The number of pyridine rings is 1. The molecular weight excluding hydrogens is 408 g/mol. The molecule has 0 radical (unpaired) electrons. The standard InChI is InChI=1S/C21H19F6N3/c1-13-2-3-14(11-28-13)6-9-30-18-5-4-15(20(22,23)24)10-16(18)17-12-29(21(25,26)27)8-7-19(17)30/h2-5,10-11H,6-9,12H2,1H3. The molecule has 4 rings (SSSR count). The van der Waals surface area contributed by atoms with Gasteiger partial charge in [-0.2, -0.15) is 26.3 Å². The summed E-state index contributed by atoms with van der Waals surface area (Å²) in [5, 5.41) is 0.232.